The number of hydrogen-bond donors (Lipinski definition) is 1. The van der Waals surface area contributed by atoms with Crippen molar-refractivity contribution in [1.82, 2.24) is 14.5 Å². The number of imidazole rings is 1. The van der Waals surface area contributed by atoms with E-state index < -0.39 is 4.92 Å². The van der Waals surface area contributed by atoms with E-state index in [0.29, 0.717) is 16.9 Å². The van der Waals surface area contributed by atoms with Crippen molar-refractivity contribution in [2.24, 2.45) is 0 Å². The molecule has 0 fully saturated rings. The predicted molar refractivity (Wildman–Crippen MR) is 96.5 cm³/mol. The first-order chi connectivity index (χ1) is 12.1. The average molecular weight is 332 g/mol. The third kappa shape index (κ3) is 2.89. The molecule has 6 nitrogen and oxygen atoms in total. The Kier molecular flexibility index (Phi) is 3.57. The molecule has 0 radical (unpaired) electrons. The molecule has 25 heavy (non-hydrogen) atoms. The van der Waals surface area contributed by atoms with E-state index in [4.69, 9.17) is 0 Å². The molecular formula is C19H16N4O2. The Hall–Kier alpha value is -3.41. The molecular weight excluding hydrogens is 316 g/mol. The minimum atomic E-state index is -0.403. The number of aromatic amines is 1. The Morgan fingerprint density at radius 3 is 2.72 bits per heavy atom. The van der Waals surface area contributed by atoms with Gasteiger partial charge in [-0.15, -0.1) is 0 Å². The molecule has 6 heteroatoms. The molecule has 0 amide bonds. The van der Waals surface area contributed by atoms with Gasteiger partial charge >= 0.3 is 0 Å². The van der Waals surface area contributed by atoms with E-state index in [9.17, 15) is 10.1 Å². The van der Waals surface area contributed by atoms with Gasteiger partial charge in [0, 0.05) is 24.9 Å². The van der Waals surface area contributed by atoms with Gasteiger partial charge in [-0.2, -0.15) is 0 Å². The summed E-state index contributed by atoms with van der Waals surface area (Å²) in [6, 6.07) is 17.0. The number of fused-ring (bicyclic) bond motifs is 1. The summed E-state index contributed by atoms with van der Waals surface area (Å²) in [5.74, 6) is 0.701. The molecule has 2 aromatic carbocycles. The van der Waals surface area contributed by atoms with Gasteiger partial charge in [-0.1, -0.05) is 29.8 Å². The lowest BCUT2D eigenvalue weighted by Gasteiger charge is -2.08. The lowest BCUT2D eigenvalue weighted by Crippen LogP contribution is -2.01. The molecule has 2 aromatic heterocycles. The molecule has 4 aromatic rings. The molecule has 0 bridgehead atoms. The first-order valence-electron chi connectivity index (χ1n) is 7.95. The second-order valence-electron chi connectivity index (χ2n) is 6.05. The molecule has 0 saturated heterocycles. The molecule has 2 heterocycles. The summed E-state index contributed by atoms with van der Waals surface area (Å²) >= 11 is 0. The zero-order chi connectivity index (χ0) is 17.4. The first kappa shape index (κ1) is 15.1. The maximum absolute atomic E-state index is 10.9. The Morgan fingerprint density at radius 1 is 1.16 bits per heavy atom. The number of aromatic nitrogens is 3. The summed E-state index contributed by atoms with van der Waals surface area (Å²) in [5, 5.41) is 10.9. The molecule has 0 atom stereocenters. The topological polar surface area (TPSA) is 76.8 Å². The van der Waals surface area contributed by atoms with Crippen LogP contribution in [0.4, 0.5) is 5.69 Å². The standard InChI is InChI=1S/C19H16N4O2/c1-13-4-6-14(7-5-13)12-22-10-2-3-18(22)19-20-16-9-8-15(23(24)25)11-17(16)21-19/h2-11H,12H2,1H3,(H,20,21). The third-order valence-corrected chi connectivity index (χ3v) is 4.22. The van der Waals surface area contributed by atoms with Crippen LogP contribution in [0.5, 0.6) is 0 Å². The highest BCUT2D eigenvalue weighted by atomic mass is 16.6. The molecule has 0 unspecified atom stereocenters. The number of H-pyrrole nitrogens is 1. The number of nitrogens with zero attached hydrogens (tertiary/aromatic N) is 3. The fourth-order valence-corrected chi connectivity index (χ4v) is 2.89. The predicted octanol–water partition coefficient (Wildman–Crippen LogP) is 4.30. The van der Waals surface area contributed by atoms with Crippen molar-refractivity contribution in [3.05, 3.63) is 82.0 Å². The fourth-order valence-electron chi connectivity index (χ4n) is 2.89. The van der Waals surface area contributed by atoms with Crippen molar-refractivity contribution in [1.29, 1.82) is 0 Å². The number of hydrogen-bond acceptors (Lipinski definition) is 3. The van der Waals surface area contributed by atoms with E-state index in [-0.39, 0.29) is 5.69 Å². The van der Waals surface area contributed by atoms with Crippen LogP contribution < -0.4 is 0 Å². The van der Waals surface area contributed by atoms with Gasteiger partial charge in [0.15, 0.2) is 5.82 Å². The fraction of sp³-hybridized carbons (Fsp3) is 0.105. The SMILES string of the molecule is Cc1ccc(Cn2cccc2-c2nc3ccc([N+](=O)[O-])cc3[nH]2)cc1. The van der Waals surface area contributed by atoms with Crippen LogP contribution in [0.2, 0.25) is 0 Å². The van der Waals surface area contributed by atoms with Crippen molar-refractivity contribution >= 4 is 16.7 Å². The zero-order valence-electron chi connectivity index (χ0n) is 13.6. The normalized spacial score (nSPS) is 11.1. The Morgan fingerprint density at radius 2 is 1.96 bits per heavy atom. The summed E-state index contributed by atoms with van der Waals surface area (Å²) in [6.45, 7) is 2.80. The molecule has 1 N–H and O–H groups in total. The Bertz CT molecular complexity index is 1060. The van der Waals surface area contributed by atoms with E-state index in [1.54, 1.807) is 6.07 Å². The summed E-state index contributed by atoms with van der Waals surface area (Å²) in [4.78, 5) is 18.3. The molecule has 124 valence electrons. The van der Waals surface area contributed by atoms with Crippen LogP contribution in [0, 0.1) is 17.0 Å². The number of nitrogens with one attached hydrogen (secondary N) is 1. The van der Waals surface area contributed by atoms with E-state index in [0.717, 1.165) is 12.2 Å². The largest absolute Gasteiger partial charge is 0.341 e. The Labute approximate surface area is 143 Å². The van der Waals surface area contributed by atoms with Crippen molar-refractivity contribution in [2.75, 3.05) is 0 Å². The van der Waals surface area contributed by atoms with E-state index in [1.165, 1.54) is 23.3 Å². The maximum Gasteiger partial charge on any atom is 0.271 e. The number of non-ortho nitro benzene ring substituents is 1. The van der Waals surface area contributed by atoms with Crippen LogP contribution in [0.1, 0.15) is 11.1 Å². The number of benzene rings is 2. The van der Waals surface area contributed by atoms with Crippen LogP contribution >= 0.6 is 0 Å². The molecule has 0 saturated carbocycles. The van der Waals surface area contributed by atoms with Gasteiger partial charge in [0.1, 0.15) is 0 Å². The monoisotopic (exact) mass is 332 g/mol. The van der Waals surface area contributed by atoms with Gasteiger partial charge in [0.2, 0.25) is 0 Å². The van der Waals surface area contributed by atoms with Crippen LogP contribution in [0.15, 0.2) is 60.8 Å². The van der Waals surface area contributed by atoms with Crippen LogP contribution in [-0.2, 0) is 6.54 Å². The average Bonchev–Trinajstić information content (AvgIpc) is 3.22. The van der Waals surface area contributed by atoms with Gasteiger partial charge < -0.3 is 9.55 Å². The lowest BCUT2D eigenvalue weighted by atomic mass is 10.1. The first-order valence-corrected chi connectivity index (χ1v) is 7.95. The van der Waals surface area contributed by atoms with Gasteiger partial charge in [-0.3, -0.25) is 10.1 Å². The lowest BCUT2D eigenvalue weighted by molar-refractivity contribution is -0.384. The van der Waals surface area contributed by atoms with Crippen molar-refractivity contribution in [2.45, 2.75) is 13.5 Å². The van der Waals surface area contributed by atoms with E-state index in [2.05, 4.69) is 45.7 Å². The second kappa shape index (κ2) is 5.90. The van der Waals surface area contributed by atoms with Gasteiger partial charge in [-0.05, 0) is 30.7 Å². The molecule has 0 spiro atoms. The molecule has 0 aliphatic rings. The number of rotatable bonds is 4. The summed E-state index contributed by atoms with van der Waals surface area (Å²) in [5.41, 5.74) is 4.80. The van der Waals surface area contributed by atoms with E-state index >= 15 is 0 Å². The third-order valence-electron chi connectivity index (χ3n) is 4.22. The molecule has 4 rings (SSSR count). The second-order valence-corrected chi connectivity index (χ2v) is 6.05. The van der Waals surface area contributed by atoms with Crippen LogP contribution in [-0.4, -0.2) is 19.5 Å². The van der Waals surface area contributed by atoms with Crippen molar-refractivity contribution < 1.29 is 4.92 Å². The molecule has 0 aliphatic heterocycles. The highest BCUT2D eigenvalue weighted by Crippen LogP contribution is 2.24. The number of nitro benzene ring substituents is 1. The zero-order valence-corrected chi connectivity index (χ0v) is 13.6. The summed E-state index contributed by atoms with van der Waals surface area (Å²) < 4.78 is 2.11. The van der Waals surface area contributed by atoms with Crippen LogP contribution in [0.3, 0.4) is 0 Å². The van der Waals surface area contributed by atoms with Gasteiger partial charge in [0.25, 0.3) is 5.69 Å². The minimum absolute atomic E-state index is 0.0535. The highest BCUT2D eigenvalue weighted by molar-refractivity contribution is 5.81. The summed E-state index contributed by atoms with van der Waals surface area (Å²) in [6.07, 6.45) is 2.00. The summed E-state index contributed by atoms with van der Waals surface area (Å²) in [7, 11) is 0. The Balaban J connectivity index is 1.70. The van der Waals surface area contributed by atoms with Crippen LogP contribution in [0.25, 0.3) is 22.6 Å². The highest BCUT2D eigenvalue weighted by Gasteiger charge is 2.13. The molecule has 0 aliphatic carbocycles. The quantitative estimate of drug-likeness (QED) is 0.447. The maximum atomic E-state index is 10.9. The minimum Gasteiger partial charge on any atom is -0.341 e. The smallest absolute Gasteiger partial charge is 0.271 e. The van der Waals surface area contributed by atoms with Gasteiger partial charge in [0.05, 0.1) is 21.7 Å². The number of nitro groups is 1. The number of aryl methyl sites for hydroxylation is 1. The van der Waals surface area contributed by atoms with Crippen molar-refractivity contribution in [3.8, 4) is 11.5 Å². The van der Waals surface area contributed by atoms with E-state index in [1.807, 2.05) is 18.3 Å². The van der Waals surface area contributed by atoms with Crippen molar-refractivity contribution in [3.63, 3.8) is 0 Å². The van der Waals surface area contributed by atoms with Gasteiger partial charge in [-0.25, -0.2) is 4.98 Å².